The highest BCUT2D eigenvalue weighted by Gasteiger charge is 2.24. The summed E-state index contributed by atoms with van der Waals surface area (Å²) in [5, 5.41) is 7.94. The van der Waals surface area contributed by atoms with E-state index in [2.05, 4.69) is 17.2 Å². The zero-order valence-corrected chi connectivity index (χ0v) is 18.1. The van der Waals surface area contributed by atoms with Crippen LogP contribution in [0.15, 0.2) is 18.3 Å². The molecule has 1 aliphatic rings. The lowest BCUT2D eigenvalue weighted by atomic mass is 10.4. The zero-order chi connectivity index (χ0) is 22.2. The number of carbonyl (C=O) groups excluding carboxylic acids is 2. The van der Waals surface area contributed by atoms with Crippen molar-refractivity contribution in [2.45, 2.75) is 26.4 Å². The van der Waals surface area contributed by atoms with Crippen LogP contribution >= 0.6 is 0 Å². The van der Waals surface area contributed by atoms with Crippen LogP contribution in [0.2, 0.25) is 0 Å². The van der Waals surface area contributed by atoms with Crippen molar-refractivity contribution in [3.05, 3.63) is 24.0 Å². The van der Waals surface area contributed by atoms with Gasteiger partial charge in [-0.3, -0.25) is 14.5 Å². The monoisotopic (exact) mass is 440 g/mol. The highest BCUT2D eigenvalue weighted by atomic mass is 16.6. The van der Waals surface area contributed by atoms with Crippen molar-refractivity contribution in [1.29, 1.82) is 0 Å². The van der Waals surface area contributed by atoms with Crippen LogP contribution in [0.4, 0.5) is 0 Å². The fourth-order valence-corrected chi connectivity index (χ4v) is 2.55. The molecule has 1 aromatic rings. The fourth-order valence-electron chi connectivity index (χ4n) is 2.55. The highest BCUT2D eigenvalue weighted by Crippen LogP contribution is 2.08. The summed E-state index contributed by atoms with van der Waals surface area (Å²) in [6.07, 6.45) is 5.20. The average molecular weight is 440 g/mol. The van der Waals surface area contributed by atoms with Crippen molar-refractivity contribution in [2.75, 3.05) is 66.1 Å². The van der Waals surface area contributed by atoms with Gasteiger partial charge < -0.3 is 23.7 Å². The van der Waals surface area contributed by atoms with Crippen LogP contribution in [-0.4, -0.2) is 97.8 Å². The highest BCUT2D eigenvalue weighted by molar-refractivity contribution is 6.12. The second-order valence-corrected chi connectivity index (χ2v) is 6.63. The molecular weight excluding hydrogens is 408 g/mol. The lowest BCUT2D eigenvalue weighted by molar-refractivity contribution is -0.137. The van der Waals surface area contributed by atoms with E-state index in [1.807, 2.05) is 0 Å². The standard InChI is InChI=1S/C20H32N4O7/c1-2-6-27-8-10-29-12-14-31-15-13-30-11-9-28-7-5-23-16-18(21-22-23)17-24-19(25)3-4-20(24)26/h3-4,16H,2,5-15,17H2,1H3. The van der Waals surface area contributed by atoms with E-state index in [1.165, 1.54) is 12.2 Å². The third-order valence-electron chi connectivity index (χ3n) is 4.11. The summed E-state index contributed by atoms with van der Waals surface area (Å²) in [6.45, 7) is 8.14. The van der Waals surface area contributed by atoms with Crippen LogP contribution in [-0.2, 0) is 46.4 Å². The molecule has 0 atom stereocenters. The van der Waals surface area contributed by atoms with E-state index in [9.17, 15) is 9.59 Å². The predicted octanol–water partition coefficient (Wildman–Crippen LogP) is 0.196. The van der Waals surface area contributed by atoms with Gasteiger partial charge >= 0.3 is 0 Å². The van der Waals surface area contributed by atoms with Gasteiger partial charge in [0, 0.05) is 18.8 Å². The minimum absolute atomic E-state index is 0.112. The fraction of sp³-hybridized carbons (Fsp3) is 0.700. The maximum atomic E-state index is 11.5. The van der Waals surface area contributed by atoms with E-state index in [-0.39, 0.29) is 18.4 Å². The maximum absolute atomic E-state index is 11.5. The van der Waals surface area contributed by atoms with E-state index < -0.39 is 0 Å². The molecule has 0 saturated carbocycles. The van der Waals surface area contributed by atoms with Crippen LogP contribution in [0.25, 0.3) is 0 Å². The molecule has 11 nitrogen and oxygen atoms in total. The van der Waals surface area contributed by atoms with Crippen molar-refractivity contribution in [3.63, 3.8) is 0 Å². The van der Waals surface area contributed by atoms with Crippen molar-refractivity contribution in [3.8, 4) is 0 Å². The smallest absolute Gasteiger partial charge is 0.253 e. The van der Waals surface area contributed by atoms with Crippen molar-refractivity contribution in [1.82, 2.24) is 19.9 Å². The van der Waals surface area contributed by atoms with E-state index in [4.69, 9.17) is 23.7 Å². The molecule has 0 aliphatic carbocycles. The van der Waals surface area contributed by atoms with Gasteiger partial charge in [0.2, 0.25) is 0 Å². The first kappa shape index (κ1) is 25.1. The lowest BCUT2D eigenvalue weighted by Gasteiger charge is -2.10. The SMILES string of the molecule is CCCOCCOCCOCCOCCOCCn1cc(CN2C(=O)C=CC2=O)nn1. The van der Waals surface area contributed by atoms with Gasteiger partial charge in [0.1, 0.15) is 5.69 Å². The summed E-state index contributed by atoms with van der Waals surface area (Å²) in [7, 11) is 0. The van der Waals surface area contributed by atoms with Gasteiger partial charge in [0.05, 0.1) is 78.7 Å². The Labute approximate surface area is 182 Å². The molecule has 0 saturated heterocycles. The second-order valence-electron chi connectivity index (χ2n) is 6.63. The summed E-state index contributed by atoms with van der Waals surface area (Å²) < 4.78 is 28.6. The van der Waals surface area contributed by atoms with Crippen LogP contribution < -0.4 is 0 Å². The summed E-state index contributed by atoms with van der Waals surface area (Å²) in [6, 6.07) is 0. The van der Waals surface area contributed by atoms with Crippen molar-refractivity contribution < 1.29 is 33.3 Å². The van der Waals surface area contributed by atoms with Crippen molar-refractivity contribution in [2.24, 2.45) is 0 Å². The Morgan fingerprint density at radius 2 is 1.23 bits per heavy atom. The molecule has 1 aliphatic heterocycles. The average Bonchev–Trinajstić information content (AvgIpc) is 3.35. The maximum Gasteiger partial charge on any atom is 0.253 e. The minimum atomic E-state index is -0.338. The van der Waals surface area contributed by atoms with E-state index in [0.29, 0.717) is 71.7 Å². The number of hydrogen-bond donors (Lipinski definition) is 0. The van der Waals surface area contributed by atoms with Crippen molar-refractivity contribution >= 4 is 11.8 Å². The summed E-state index contributed by atoms with van der Waals surface area (Å²) in [4.78, 5) is 24.2. The summed E-state index contributed by atoms with van der Waals surface area (Å²) in [5.41, 5.74) is 0.545. The number of rotatable bonds is 19. The Hall–Kier alpha value is -2.18. The molecule has 0 fully saturated rings. The first-order chi connectivity index (χ1) is 15.2. The quantitative estimate of drug-likeness (QED) is 0.220. The zero-order valence-electron chi connectivity index (χ0n) is 18.1. The molecule has 0 unspecified atom stereocenters. The number of carbonyl (C=O) groups is 2. The first-order valence-electron chi connectivity index (χ1n) is 10.5. The Morgan fingerprint density at radius 1 is 0.742 bits per heavy atom. The number of ether oxygens (including phenoxy) is 5. The molecule has 0 aromatic carbocycles. The van der Waals surface area contributed by atoms with E-state index >= 15 is 0 Å². The Morgan fingerprint density at radius 3 is 1.74 bits per heavy atom. The van der Waals surface area contributed by atoms with Gasteiger partial charge in [-0.25, -0.2) is 4.68 Å². The normalized spacial score (nSPS) is 13.6. The molecule has 2 heterocycles. The second kappa shape index (κ2) is 15.6. The number of imide groups is 1. The molecule has 174 valence electrons. The molecule has 11 heteroatoms. The Kier molecular flexibility index (Phi) is 12.6. The number of hydrogen-bond acceptors (Lipinski definition) is 9. The lowest BCUT2D eigenvalue weighted by Crippen LogP contribution is -2.29. The molecule has 0 spiro atoms. The third kappa shape index (κ3) is 10.6. The van der Waals surface area contributed by atoms with Gasteiger partial charge in [-0.1, -0.05) is 12.1 Å². The molecule has 0 bridgehead atoms. The summed E-state index contributed by atoms with van der Waals surface area (Å²) in [5.74, 6) is -0.677. The number of nitrogens with zero attached hydrogens (tertiary/aromatic N) is 4. The molecule has 2 rings (SSSR count). The van der Waals surface area contributed by atoms with Crippen LogP contribution in [0.3, 0.4) is 0 Å². The van der Waals surface area contributed by atoms with Gasteiger partial charge in [-0.15, -0.1) is 5.10 Å². The minimum Gasteiger partial charge on any atom is -0.379 e. The first-order valence-corrected chi connectivity index (χ1v) is 10.5. The van der Waals surface area contributed by atoms with Gasteiger partial charge in [0.25, 0.3) is 11.8 Å². The molecule has 31 heavy (non-hydrogen) atoms. The largest absolute Gasteiger partial charge is 0.379 e. The van der Waals surface area contributed by atoms with E-state index in [0.717, 1.165) is 17.9 Å². The van der Waals surface area contributed by atoms with Gasteiger partial charge in [0.15, 0.2) is 0 Å². The Balaban J connectivity index is 1.37. The van der Waals surface area contributed by atoms with E-state index in [1.54, 1.807) is 10.9 Å². The van der Waals surface area contributed by atoms with Crippen LogP contribution in [0.1, 0.15) is 19.0 Å². The predicted molar refractivity (Wildman–Crippen MR) is 109 cm³/mol. The number of aromatic nitrogens is 3. The Bertz CT molecular complexity index is 662. The number of amides is 2. The van der Waals surface area contributed by atoms with Gasteiger partial charge in [-0.2, -0.15) is 0 Å². The van der Waals surface area contributed by atoms with Crippen LogP contribution in [0, 0.1) is 0 Å². The topological polar surface area (TPSA) is 114 Å². The molecule has 0 N–H and O–H groups in total. The molecule has 2 amide bonds. The molecular formula is C20H32N4O7. The summed E-state index contributed by atoms with van der Waals surface area (Å²) >= 11 is 0. The molecule has 1 aromatic heterocycles. The van der Waals surface area contributed by atoms with Crippen LogP contribution in [0.5, 0.6) is 0 Å². The van der Waals surface area contributed by atoms with Gasteiger partial charge in [-0.05, 0) is 6.42 Å². The molecule has 0 radical (unpaired) electrons. The third-order valence-corrected chi connectivity index (χ3v) is 4.11.